The van der Waals surface area contributed by atoms with Crippen LogP contribution in [0.3, 0.4) is 0 Å². The second kappa shape index (κ2) is 13.5. The fourth-order valence-electron chi connectivity index (χ4n) is 5.09. The lowest BCUT2D eigenvalue weighted by atomic mass is 9.90. The molecule has 3 aliphatic rings. The molecule has 39 heavy (non-hydrogen) atoms. The molecule has 1 saturated carbocycles. The number of halogens is 3. The molecule has 1 aliphatic carbocycles. The molecule has 208 valence electrons. The summed E-state index contributed by atoms with van der Waals surface area (Å²) in [5, 5.41) is 15.2. The monoisotopic (exact) mass is 590 g/mol. The Morgan fingerprint density at radius 3 is 2.23 bits per heavy atom. The molecule has 0 bridgehead atoms. The number of carbonyl (C=O) groups excluding carboxylic acids is 2. The molecule has 0 unspecified atom stereocenters. The molecule has 2 atom stereocenters. The number of benzene rings is 2. The van der Waals surface area contributed by atoms with Gasteiger partial charge in [-0.3, -0.25) is 14.6 Å². The minimum Gasteiger partial charge on any atom is -0.364 e. The van der Waals surface area contributed by atoms with Gasteiger partial charge in [-0.1, -0.05) is 79.5 Å². The number of amides is 2. The number of primary amides is 1. The van der Waals surface area contributed by atoms with Gasteiger partial charge in [0.05, 0.1) is 16.8 Å². The molecule has 0 spiro atoms. The smallest absolute Gasteiger partial charge is 0.268 e. The van der Waals surface area contributed by atoms with E-state index in [0.29, 0.717) is 32.9 Å². The van der Waals surface area contributed by atoms with Gasteiger partial charge < -0.3 is 16.5 Å². The van der Waals surface area contributed by atoms with Crippen LogP contribution in [0.4, 0.5) is 5.69 Å². The van der Waals surface area contributed by atoms with Gasteiger partial charge in [-0.2, -0.15) is 10.2 Å². The molecule has 8 nitrogen and oxygen atoms in total. The Kier molecular flexibility index (Phi) is 10.1. The highest BCUT2D eigenvalue weighted by Crippen LogP contribution is 2.42. The van der Waals surface area contributed by atoms with Crippen LogP contribution in [0.5, 0.6) is 0 Å². The van der Waals surface area contributed by atoms with Gasteiger partial charge >= 0.3 is 0 Å². The van der Waals surface area contributed by atoms with Crippen molar-refractivity contribution in [3.8, 4) is 0 Å². The van der Waals surface area contributed by atoms with E-state index in [0.717, 1.165) is 43.5 Å². The summed E-state index contributed by atoms with van der Waals surface area (Å²) in [4.78, 5) is 23.5. The van der Waals surface area contributed by atoms with Crippen molar-refractivity contribution in [3.63, 3.8) is 0 Å². The highest BCUT2D eigenvalue weighted by atomic mass is 35.5. The van der Waals surface area contributed by atoms with Gasteiger partial charge in [0.2, 0.25) is 0 Å². The van der Waals surface area contributed by atoms with Crippen molar-refractivity contribution in [3.05, 3.63) is 63.1 Å². The van der Waals surface area contributed by atoms with Crippen LogP contribution in [-0.2, 0) is 9.59 Å². The number of nitrogens with two attached hydrogens (primary N) is 1. The molecule has 2 aromatic rings. The van der Waals surface area contributed by atoms with Crippen LogP contribution in [0.15, 0.2) is 52.7 Å². The number of hydrogen-bond donors (Lipinski definition) is 3. The number of hydrogen-bond acceptors (Lipinski definition) is 6. The molecule has 4 N–H and O–H groups in total. The molecular formula is C28H33Cl3N6O2. The molecule has 1 fully saturated rings. The van der Waals surface area contributed by atoms with Crippen LogP contribution in [0.25, 0.3) is 0 Å². The van der Waals surface area contributed by atoms with Crippen LogP contribution >= 0.6 is 34.8 Å². The number of nitrogens with one attached hydrogen (secondary N) is 2. The molecule has 11 heteroatoms. The van der Waals surface area contributed by atoms with E-state index >= 15 is 0 Å². The summed E-state index contributed by atoms with van der Waals surface area (Å²) < 4.78 is 0. The van der Waals surface area contributed by atoms with Gasteiger partial charge in [-0.15, -0.1) is 0 Å². The lowest BCUT2D eigenvalue weighted by Gasteiger charge is -2.27. The summed E-state index contributed by atoms with van der Waals surface area (Å²) in [6.45, 7) is 2.77. The van der Waals surface area contributed by atoms with E-state index in [9.17, 15) is 9.59 Å². The van der Waals surface area contributed by atoms with Crippen LogP contribution in [0.2, 0.25) is 15.1 Å². The van der Waals surface area contributed by atoms with Crippen molar-refractivity contribution in [2.24, 2.45) is 21.9 Å². The Morgan fingerprint density at radius 1 is 1.00 bits per heavy atom. The number of anilines is 1. The van der Waals surface area contributed by atoms with Crippen LogP contribution in [0, 0.1) is 5.92 Å². The van der Waals surface area contributed by atoms with Gasteiger partial charge in [0.25, 0.3) is 11.8 Å². The molecule has 0 aromatic heterocycles. The zero-order valence-electron chi connectivity index (χ0n) is 21.8. The molecule has 5 rings (SSSR count). The van der Waals surface area contributed by atoms with Gasteiger partial charge in [0, 0.05) is 35.0 Å². The van der Waals surface area contributed by atoms with Crippen molar-refractivity contribution in [1.82, 2.24) is 10.7 Å². The van der Waals surface area contributed by atoms with Gasteiger partial charge in [-0.25, -0.2) is 0 Å². The first-order chi connectivity index (χ1) is 18.7. The lowest BCUT2D eigenvalue weighted by molar-refractivity contribution is -0.115. The molecule has 2 aromatic carbocycles. The maximum atomic E-state index is 13.2. The minimum atomic E-state index is -0.421. The molecular weight excluding hydrogens is 559 g/mol. The highest BCUT2D eigenvalue weighted by Gasteiger charge is 2.40. The lowest BCUT2D eigenvalue weighted by Crippen LogP contribution is -2.40. The van der Waals surface area contributed by atoms with Crippen LogP contribution < -0.4 is 21.5 Å². The summed E-state index contributed by atoms with van der Waals surface area (Å²) in [5.74, 6) is -0.639. The predicted octanol–water partition coefficient (Wildman–Crippen LogP) is 5.86. The number of rotatable bonds is 5. The Hall–Kier alpha value is -2.81. The van der Waals surface area contributed by atoms with E-state index in [4.69, 9.17) is 45.6 Å². The van der Waals surface area contributed by atoms with E-state index in [2.05, 4.69) is 15.8 Å². The maximum absolute atomic E-state index is 13.2. The Bertz CT molecular complexity index is 1240. The average Bonchev–Trinajstić information content (AvgIpc) is 3.48. The molecule has 2 amide bonds. The molecule has 0 saturated heterocycles. The fourth-order valence-corrected chi connectivity index (χ4v) is 5.71. The second-order valence-corrected chi connectivity index (χ2v) is 11.2. The fraction of sp³-hybridized carbons (Fsp3) is 0.429. The SMILES string of the molecule is C[C@@H]1C(C(=O)NC2CCCCCC2)=NN(c2ccc(Cl)cc2Cl)[C@H]1c1ccc(Cl)cc1.NC(=O)C1=NNCC1. The van der Waals surface area contributed by atoms with Crippen molar-refractivity contribution < 1.29 is 9.59 Å². The summed E-state index contributed by atoms with van der Waals surface area (Å²) >= 11 is 18.7. The summed E-state index contributed by atoms with van der Waals surface area (Å²) in [5.41, 5.74) is 10.2. The Balaban J connectivity index is 0.000000379. The van der Waals surface area contributed by atoms with Gasteiger partial charge in [0.15, 0.2) is 0 Å². The Labute approximate surface area is 243 Å². The second-order valence-electron chi connectivity index (χ2n) is 9.95. The van der Waals surface area contributed by atoms with E-state index in [1.807, 2.05) is 42.3 Å². The van der Waals surface area contributed by atoms with E-state index in [1.54, 1.807) is 12.1 Å². The van der Waals surface area contributed by atoms with Gasteiger partial charge in [0.1, 0.15) is 11.4 Å². The quantitative estimate of drug-likeness (QED) is 0.378. The first-order valence-electron chi connectivity index (χ1n) is 13.2. The Morgan fingerprint density at radius 2 is 1.67 bits per heavy atom. The summed E-state index contributed by atoms with van der Waals surface area (Å²) in [6.07, 6.45) is 7.52. The third kappa shape index (κ3) is 7.44. The van der Waals surface area contributed by atoms with Crippen molar-refractivity contribution in [1.29, 1.82) is 0 Å². The van der Waals surface area contributed by atoms with E-state index in [1.165, 1.54) is 12.8 Å². The normalized spacial score (nSPS) is 21.2. The summed E-state index contributed by atoms with van der Waals surface area (Å²) in [6, 6.07) is 13.0. The topological polar surface area (TPSA) is 112 Å². The molecule has 0 radical (unpaired) electrons. The zero-order valence-corrected chi connectivity index (χ0v) is 24.1. The largest absolute Gasteiger partial charge is 0.364 e. The van der Waals surface area contributed by atoms with Crippen molar-refractivity contribution in [2.45, 2.75) is 64.0 Å². The number of nitrogens with zero attached hydrogens (tertiary/aromatic N) is 3. The number of carbonyl (C=O) groups is 2. The minimum absolute atomic E-state index is 0.0917. The zero-order chi connectivity index (χ0) is 27.9. The van der Waals surface area contributed by atoms with Gasteiger partial charge in [-0.05, 0) is 48.7 Å². The standard InChI is InChI=1S/C24H26Cl3N3O.C4H7N3O/c1-15-22(24(31)28-19-6-4-2-3-5-7-19)29-30(21-13-12-18(26)14-20(21)27)23(15)16-8-10-17(25)11-9-16;5-4(8)3-1-2-6-7-3/h8-15,19,23H,2-7H2,1H3,(H,28,31);6H,1-2H2,(H2,5,8)/t15-,23-;/m1./s1. The first-order valence-corrected chi connectivity index (χ1v) is 14.4. The van der Waals surface area contributed by atoms with Crippen molar-refractivity contribution >= 4 is 63.7 Å². The highest BCUT2D eigenvalue weighted by molar-refractivity contribution is 6.41. The van der Waals surface area contributed by atoms with E-state index in [-0.39, 0.29) is 23.9 Å². The van der Waals surface area contributed by atoms with Crippen LogP contribution in [0.1, 0.15) is 63.5 Å². The first kappa shape index (κ1) is 29.2. The molecule has 2 aliphatic heterocycles. The third-order valence-corrected chi connectivity index (χ3v) is 7.94. The molecule has 2 heterocycles. The summed E-state index contributed by atoms with van der Waals surface area (Å²) in [7, 11) is 0. The number of hydrazone groups is 2. The maximum Gasteiger partial charge on any atom is 0.268 e. The van der Waals surface area contributed by atoms with E-state index < -0.39 is 5.91 Å². The van der Waals surface area contributed by atoms with Crippen LogP contribution in [-0.4, -0.2) is 35.8 Å². The average molecular weight is 592 g/mol. The van der Waals surface area contributed by atoms with Crippen molar-refractivity contribution in [2.75, 3.05) is 11.6 Å². The predicted molar refractivity (Wildman–Crippen MR) is 159 cm³/mol. The third-order valence-electron chi connectivity index (χ3n) is 7.15.